The molecule has 4 heteroatoms. The number of rotatable bonds is 6. The van der Waals surface area contributed by atoms with Crippen LogP contribution in [0.4, 0.5) is 4.79 Å². The van der Waals surface area contributed by atoms with Crippen molar-refractivity contribution >= 4 is 11.9 Å². The fraction of sp³-hybridized carbons (Fsp3) is 0.429. The van der Waals surface area contributed by atoms with E-state index in [4.69, 9.17) is 4.74 Å². The minimum absolute atomic E-state index is 0.0795. The van der Waals surface area contributed by atoms with E-state index in [2.05, 4.69) is 48.5 Å². The van der Waals surface area contributed by atoms with Gasteiger partial charge < -0.3 is 9.64 Å². The quantitative estimate of drug-likeness (QED) is 0.513. The van der Waals surface area contributed by atoms with Crippen LogP contribution in [0.5, 0.6) is 0 Å². The number of hydrogen-bond donors (Lipinski definition) is 0. The molecule has 0 bridgehead atoms. The second-order valence-electron chi connectivity index (χ2n) is 9.55. The molecule has 0 atom stereocenters. The largest absolute Gasteiger partial charge is 0.444 e. The molecule has 0 radical (unpaired) electrons. The van der Waals surface area contributed by atoms with E-state index < -0.39 is 11.7 Å². The highest BCUT2D eigenvalue weighted by molar-refractivity contribution is 5.86. The zero-order chi connectivity index (χ0) is 23.0. The van der Waals surface area contributed by atoms with Crippen molar-refractivity contribution < 1.29 is 14.3 Å². The minimum atomic E-state index is -0.574. The molecule has 0 saturated carbocycles. The van der Waals surface area contributed by atoms with Crippen molar-refractivity contribution in [2.45, 2.75) is 64.9 Å². The predicted octanol–water partition coefficient (Wildman–Crippen LogP) is 6.15. The number of allylic oxidation sites excluding steroid dienone is 1. The summed E-state index contributed by atoms with van der Waals surface area (Å²) in [7, 11) is 0. The van der Waals surface area contributed by atoms with Gasteiger partial charge in [-0.15, -0.1) is 0 Å². The first-order chi connectivity index (χ1) is 15.3. The number of amides is 1. The number of Topliss-reactive ketones (excluding diaryl/α,β-unsaturated/α-hetero) is 1. The van der Waals surface area contributed by atoms with Crippen LogP contribution in [0.2, 0.25) is 0 Å². The second-order valence-corrected chi connectivity index (χ2v) is 9.55. The summed E-state index contributed by atoms with van der Waals surface area (Å²) in [5, 5.41) is 0. The molecule has 0 spiro atoms. The average molecular weight is 434 g/mol. The molecule has 1 amide bonds. The van der Waals surface area contributed by atoms with Crippen LogP contribution in [0.1, 0.15) is 57.6 Å². The standard InChI is InChI=1S/C28H35NO3/c1-28(2,3)32-27(31)29-19-18-24(16-14-22-10-6-4-7-11-22)25(20-26(30)21-29)17-15-23-12-8-5-9-13-23/h4-13H,14-21H2,1-3H3/b25-24-. The Morgan fingerprint density at radius 2 is 1.38 bits per heavy atom. The maximum absolute atomic E-state index is 12.9. The van der Waals surface area contributed by atoms with Crippen molar-refractivity contribution in [2.75, 3.05) is 13.1 Å². The third-order valence-electron chi connectivity index (χ3n) is 5.73. The van der Waals surface area contributed by atoms with Gasteiger partial charge in [0.1, 0.15) is 5.60 Å². The first-order valence-electron chi connectivity index (χ1n) is 11.6. The third kappa shape index (κ3) is 7.67. The van der Waals surface area contributed by atoms with Crippen LogP contribution in [0.3, 0.4) is 0 Å². The molecule has 2 aromatic rings. The summed E-state index contributed by atoms with van der Waals surface area (Å²) >= 11 is 0. The van der Waals surface area contributed by atoms with E-state index in [9.17, 15) is 9.59 Å². The molecule has 0 fully saturated rings. The number of carbonyl (C=O) groups excluding carboxylic acids is 2. The highest BCUT2D eigenvalue weighted by Gasteiger charge is 2.26. The van der Waals surface area contributed by atoms with Crippen LogP contribution < -0.4 is 0 Å². The van der Waals surface area contributed by atoms with Gasteiger partial charge in [-0.25, -0.2) is 4.79 Å². The molecular weight excluding hydrogens is 398 g/mol. The number of ketones is 1. The van der Waals surface area contributed by atoms with Gasteiger partial charge >= 0.3 is 6.09 Å². The average Bonchev–Trinajstić information content (AvgIpc) is 2.75. The van der Waals surface area contributed by atoms with Crippen molar-refractivity contribution in [3.63, 3.8) is 0 Å². The zero-order valence-corrected chi connectivity index (χ0v) is 19.6. The number of hydrogen-bond acceptors (Lipinski definition) is 3. The van der Waals surface area contributed by atoms with Crippen LogP contribution in [-0.2, 0) is 22.4 Å². The fourth-order valence-corrected chi connectivity index (χ4v) is 4.09. The SMILES string of the molecule is CC(C)(C)OC(=O)N1CC/C(CCc2ccccc2)=C(/CCc2ccccc2)CC(=O)C1. The first-order valence-corrected chi connectivity index (χ1v) is 11.6. The van der Waals surface area contributed by atoms with E-state index in [1.165, 1.54) is 22.3 Å². The van der Waals surface area contributed by atoms with Crippen LogP contribution in [0, 0.1) is 0 Å². The Balaban J connectivity index is 1.77. The molecule has 0 saturated heterocycles. The molecule has 0 unspecified atom stereocenters. The topological polar surface area (TPSA) is 46.6 Å². The van der Waals surface area contributed by atoms with Crippen molar-refractivity contribution in [3.05, 3.63) is 82.9 Å². The lowest BCUT2D eigenvalue weighted by molar-refractivity contribution is -0.119. The van der Waals surface area contributed by atoms with Crippen molar-refractivity contribution in [3.8, 4) is 0 Å². The van der Waals surface area contributed by atoms with Crippen LogP contribution in [0.15, 0.2) is 71.8 Å². The van der Waals surface area contributed by atoms with E-state index in [-0.39, 0.29) is 12.3 Å². The smallest absolute Gasteiger partial charge is 0.410 e. The van der Waals surface area contributed by atoms with Crippen LogP contribution in [0.25, 0.3) is 0 Å². The van der Waals surface area contributed by atoms with Gasteiger partial charge in [-0.05, 0) is 64.0 Å². The van der Waals surface area contributed by atoms with Crippen LogP contribution >= 0.6 is 0 Å². The van der Waals surface area contributed by atoms with E-state index in [1.54, 1.807) is 4.90 Å². The number of benzene rings is 2. The molecule has 1 heterocycles. The summed E-state index contributed by atoms with van der Waals surface area (Å²) < 4.78 is 5.54. The summed E-state index contributed by atoms with van der Waals surface area (Å²) in [5.74, 6) is 0.0795. The lowest BCUT2D eigenvalue weighted by Gasteiger charge is -2.29. The maximum Gasteiger partial charge on any atom is 0.410 e. The minimum Gasteiger partial charge on any atom is -0.444 e. The number of carbonyl (C=O) groups is 2. The maximum atomic E-state index is 12.9. The fourth-order valence-electron chi connectivity index (χ4n) is 4.09. The van der Waals surface area contributed by atoms with Gasteiger partial charge in [0, 0.05) is 13.0 Å². The summed E-state index contributed by atoms with van der Waals surface area (Å²) in [6, 6.07) is 20.9. The van der Waals surface area contributed by atoms with E-state index in [0.717, 1.165) is 32.1 Å². The first kappa shape index (κ1) is 23.8. The summed E-state index contributed by atoms with van der Waals surface area (Å²) in [6.45, 7) is 6.19. The second kappa shape index (κ2) is 11.1. The summed E-state index contributed by atoms with van der Waals surface area (Å²) in [6.07, 6.45) is 4.44. The molecule has 2 aromatic carbocycles. The summed E-state index contributed by atoms with van der Waals surface area (Å²) in [5.41, 5.74) is 4.56. The molecule has 0 N–H and O–H groups in total. The van der Waals surface area contributed by atoms with E-state index in [0.29, 0.717) is 13.0 Å². The molecule has 32 heavy (non-hydrogen) atoms. The molecule has 170 valence electrons. The lowest BCUT2D eigenvalue weighted by Crippen LogP contribution is -2.41. The monoisotopic (exact) mass is 433 g/mol. The zero-order valence-electron chi connectivity index (χ0n) is 19.6. The molecule has 3 rings (SSSR count). The van der Waals surface area contributed by atoms with Crippen molar-refractivity contribution in [2.24, 2.45) is 0 Å². The Labute approximate surface area is 192 Å². The van der Waals surface area contributed by atoms with Gasteiger partial charge in [0.15, 0.2) is 5.78 Å². The Hall–Kier alpha value is -2.88. The molecule has 1 aliphatic heterocycles. The number of ether oxygens (including phenoxy) is 1. The predicted molar refractivity (Wildman–Crippen MR) is 129 cm³/mol. The molecular formula is C28H35NO3. The lowest BCUT2D eigenvalue weighted by atomic mass is 9.89. The highest BCUT2D eigenvalue weighted by atomic mass is 16.6. The van der Waals surface area contributed by atoms with E-state index >= 15 is 0 Å². The van der Waals surface area contributed by atoms with Crippen molar-refractivity contribution in [1.29, 1.82) is 0 Å². The number of aryl methyl sites for hydroxylation is 2. The van der Waals surface area contributed by atoms with Gasteiger partial charge in [0.2, 0.25) is 0 Å². The molecule has 0 aliphatic carbocycles. The third-order valence-corrected chi connectivity index (χ3v) is 5.73. The normalized spacial score (nSPS) is 17.6. The van der Waals surface area contributed by atoms with E-state index in [1.807, 2.05) is 32.9 Å². The van der Waals surface area contributed by atoms with Gasteiger partial charge in [-0.1, -0.05) is 71.8 Å². The van der Waals surface area contributed by atoms with Crippen LogP contribution in [-0.4, -0.2) is 35.5 Å². The van der Waals surface area contributed by atoms with Gasteiger partial charge in [-0.2, -0.15) is 0 Å². The highest BCUT2D eigenvalue weighted by Crippen LogP contribution is 2.26. The van der Waals surface area contributed by atoms with Gasteiger partial charge in [0.05, 0.1) is 6.54 Å². The Kier molecular flexibility index (Phi) is 8.26. The Bertz CT molecular complexity index is 926. The van der Waals surface area contributed by atoms with Crippen molar-refractivity contribution in [1.82, 2.24) is 4.90 Å². The Morgan fingerprint density at radius 3 is 1.91 bits per heavy atom. The molecule has 1 aliphatic rings. The number of nitrogens with zero attached hydrogens (tertiary/aromatic N) is 1. The summed E-state index contributed by atoms with van der Waals surface area (Å²) in [4.78, 5) is 27.1. The van der Waals surface area contributed by atoms with Gasteiger partial charge in [0.25, 0.3) is 0 Å². The van der Waals surface area contributed by atoms with Gasteiger partial charge in [-0.3, -0.25) is 4.79 Å². The molecule has 4 nitrogen and oxygen atoms in total. The molecule has 0 aromatic heterocycles. The Morgan fingerprint density at radius 1 is 0.844 bits per heavy atom.